The molecule has 0 aliphatic carbocycles. The Morgan fingerprint density at radius 2 is 1.09 bits per heavy atom. The summed E-state index contributed by atoms with van der Waals surface area (Å²) in [6.07, 6.45) is 0. The van der Waals surface area contributed by atoms with E-state index in [1.807, 2.05) is 31.9 Å². The van der Waals surface area contributed by atoms with Crippen LogP contribution in [0.15, 0.2) is 0 Å². The minimum absolute atomic E-state index is 1.96. The van der Waals surface area contributed by atoms with Gasteiger partial charge in [-0.15, -0.1) is 0 Å². The van der Waals surface area contributed by atoms with Crippen molar-refractivity contribution in [1.82, 2.24) is 0 Å². The second-order valence-electron chi connectivity index (χ2n) is 1.50. The third-order valence-corrected chi connectivity index (χ3v) is 8.66. The van der Waals surface area contributed by atoms with Crippen molar-refractivity contribution in [2.45, 2.75) is 2.72 Å². The van der Waals surface area contributed by atoms with Gasteiger partial charge in [-0.05, 0) is 15.2 Å². The van der Waals surface area contributed by atoms with Crippen LogP contribution in [-0.2, 0) is 9.13 Å². The number of hydrogen-bond donors (Lipinski definition) is 0. The van der Waals surface area contributed by atoms with E-state index in [0.717, 1.165) is 0 Å². The first-order valence-corrected chi connectivity index (χ1v) is 6.59. The Kier molecular flexibility index (Phi) is 3.56. The molecule has 0 aromatic rings. The molecule has 10 heteroatoms. The third kappa shape index (κ3) is 2.60. The summed E-state index contributed by atoms with van der Waals surface area (Å²) in [6, 6.07) is 0. The lowest BCUT2D eigenvalue weighted by atomic mass is 11.9. The molecule has 0 rings (SSSR count). The fourth-order valence-electron chi connectivity index (χ4n) is 0.150. The zero-order valence-corrected chi connectivity index (χ0v) is 9.56. The second-order valence-corrected chi connectivity index (χ2v) is 11.1. The SMILES string of the molecule is O=P([O-])([O-])C(Br)(Br)P(=O)([O-])[O-]. The molecule has 0 aromatic carbocycles. The molecule has 0 fully saturated rings. The van der Waals surface area contributed by atoms with Crippen molar-refractivity contribution < 1.29 is 28.7 Å². The number of rotatable bonds is 2. The van der Waals surface area contributed by atoms with E-state index in [2.05, 4.69) is 0 Å². The average molecular weight is 330 g/mol. The molecule has 0 saturated carbocycles. The van der Waals surface area contributed by atoms with Crippen molar-refractivity contribution in [3.63, 3.8) is 0 Å². The highest BCUT2D eigenvalue weighted by Gasteiger charge is 2.31. The molecule has 0 N–H and O–H groups in total. The largest absolute Gasteiger partial charge is 0.809 e. The van der Waals surface area contributed by atoms with Crippen molar-refractivity contribution in [3.8, 4) is 0 Å². The van der Waals surface area contributed by atoms with Crippen LogP contribution in [-0.4, -0.2) is 2.72 Å². The van der Waals surface area contributed by atoms with Crippen molar-refractivity contribution >= 4 is 47.1 Å². The molecule has 11 heavy (non-hydrogen) atoms. The van der Waals surface area contributed by atoms with Gasteiger partial charge in [0.05, 0.1) is 0 Å². The van der Waals surface area contributed by atoms with Crippen molar-refractivity contribution in [2.24, 2.45) is 0 Å². The third-order valence-electron chi connectivity index (χ3n) is 0.659. The Bertz CT molecular complexity index is 211. The fourth-order valence-corrected chi connectivity index (χ4v) is 1.35. The van der Waals surface area contributed by atoms with Gasteiger partial charge in [0.25, 0.3) is 0 Å². The molecule has 6 nitrogen and oxygen atoms in total. The van der Waals surface area contributed by atoms with Crippen LogP contribution in [0.2, 0.25) is 0 Å². The second kappa shape index (κ2) is 3.20. The average Bonchev–Trinajstić information content (AvgIpc) is 1.58. The highest BCUT2D eigenvalue weighted by atomic mass is 79.9. The monoisotopic (exact) mass is 328 g/mol. The molecule has 68 valence electrons. The zero-order chi connectivity index (χ0) is 9.50. The lowest BCUT2D eigenvalue weighted by molar-refractivity contribution is -0.327. The summed E-state index contributed by atoms with van der Waals surface area (Å²) in [7, 11) is -11.1. The molecule has 0 heterocycles. The van der Waals surface area contributed by atoms with Crippen molar-refractivity contribution in [1.29, 1.82) is 0 Å². The normalized spacial score (nSPS) is 15.1. The minimum atomic E-state index is -5.54. The molecule has 0 unspecified atom stereocenters. The van der Waals surface area contributed by atoms with Gasteiger partial charge in [-0.25, -0.2) is 0 Å². The van der Waals surface area contributed by atoms with Gasteiger partial charge in [-0.3, -0.25) is 0 Å². The molecule has 0 aliphatic heterocycles. The van der Waals surface area contributed by atoms with E-state index in [9.17, 15) is 28.7 Å². The summed E-state index contributed by atoms with van der Waals surface area (Å²) in [4.78, 5) is 40.4. The number of hydrogen-bond acceptors (Lipinski definition) is 6. The Balaban J connectivity index is 5.08. The maximum atomic E-state index is 10.1. The van der Waals surface area contributed by atoms with E-state index in [1.165, 1.54) is 0 Å². The van der Waals surface area contributed by atoms with Crippen LogP contribution in [0.4, 0.5) is 0 Å². The summed E-state index contributed by atoms with van der Waals surface area (Å²) in [5.41, 5.74) is 0. The standard InChI is InChI=1S/CH4Br2O6P2/c2-1(3,10(4,5)6)11(7,8)9/h(H2,4,5,6)(H2,7,8,9)/p-4. The quantitative estimate of drug-likeness (QED) is 0.435. The van der Waals surface area contributed by atoms with Crippen LogP contribution in [0.5, 0.6) is 0 Å². The molecule has 0 bridgehead atoms. The summed E-state index contributed by atoms with van der Waals surface area (Å²) in [5, 5.41) is 0. The first kappa shape index (κ1) is 12.3. The number of alkyl halides is 2. The van der Waals surface area contributed by atoms with E-state index >= 15 is 0 Å². The maximum Gasteiger partial charge on any atom is 0.133 e. The summed E-state index contributed by atoms with van der Waals surface area (Å²) in [6.45, 7) is 0. The van der Waals surface area contributed by atoms with Crippen LogP contribution in [0.25, 0.3) is 0 Å². The minimum Gasteiger partial charge on any atom is -0.809 e. The van der Waals surface area contributed by atoms with Gasteiger partial charge in [-0.1, -0.05) is 31.9 Å². The molecule has 0 spiro atoms. The molecular formula is CBr2O6P2-4. The van der Waals surface area contributed by atoms with E-state index in [0.29, 0.717) is 0 Å². The topological polar surface area (TPSA) is 126 Å². The highest BCUT2D eigenvalue weighted by molar-refractivity contribution is 9.29. The lowest BCUT2D eigenvalue weighted by Crippen LogP contribution is -2.36. The van der Waals surface area contributed by atoms with Crippen molar-refractivity contribution in [2.75, 3.05) is 0 Å². The Hall–Kier alpha value is 1.26. The van der Waals surface area contributed by atoms with Crippen LogP contribution in [0.3, 0.4) is 0 Å². The first-order valence-electron chi connectivity index (χ1n) is 1.92. The molecule has 0 aromatic heterocycles. The fraction of sp³-hybridized carbons (Fsp3) is 1.00. The molecule has 0 aliphatic rings. The van der Waals surface area contributed by atoms with Gasteiger partial charge in [0.15, 0.2) is 0 Å². The smallest absolute Gasteiger partial charge is 0.133 e. The van der Waals surface area contributed by atoms with Crippen LogP contribution in [0.1, 0.15) is 0 Å². The number of halogens is 2. The van der Waals surface area contributed by atoms with Gasteiger partial charge >= 0.3 is 0 Å². The first-order chi connectivity index (χ1) is 4.50. The predicted molar refractivity (Wildman–Crippen MR) is 35.8 cm³/mol. The van der Waals surface area contributed by atoms with Crippen LogP contribution >= 0.6 is 47.1 Å². The zero-order valence-electron chi connectivity index (χ0n) is 4.60. The van der Waals surface area contributed by atoms with Gasteiger partial charge in [-0.2, -0.15) is 0 Å². The Morgan fingerprint density at radius 3 is 1.09 bits per heavy atom. The molecule has 0 atom stereocenters. The molecule has 0 saturated heterocycles. The highest BCUT2D eigenvalue weighted by Crippen LogP contribution is 2.68. The Morgan fingerprint density at radius 1 is 0.909 bits per heavy atom. The summed E-state index contributed by atoms with van der Waals surface area (Å²) >= 11 is 3.93. The maximum absolute atomic E-state index is 10.1. The van der Waals surface area contributed by atoms with Gasteiger partial charge in [0, 0.05) is 0 Å². The van der Waals surface area contributed by atoms with E-state index in [1.54, 1.807) is 0 Å². The van der Waals surface area contributed by atoms with Gasteiger partial charge in [0.1, 0.15) is 2.72 Å². The van der Waals surface area contributed by atoms with E-state index < -0.39 is 17.9 Å². The predicted octanol–water partition coefficient (Wildman–Crippen LogP) is -1.79. The molecule has 0 amide bonds. The molecule has 0 radical (unpaired) electrons. The van der Waals surface area contributed by atoms with E-state index in [4.69, 9.17) is 0 Å². The Labute approximate surface area is 78.6 Å². The van der Waals surface area contributed by atoms with Crippen molar-refractivity contribution in [3.05, 3.63) is 0 Å². The molecular weight excluding hydrogens is 330 g/mol. The van der Waals surface area contributed by atoms with E-state index in [-0.39, 0.29) is 0 Å². The summed E-state index contributed by atoms with van der Waals surface area (Å²) in [5.74, 6) is 0. The van der Waals surface area contributed by atoms with Gasteiger partial charge in [0.2, 0.25) is 0 Å². The van der Waals surface area contributed by atoms with Crippen LogP contribution < -0.4 is 19.6 Å². The lowest BCUT2D eigenvalue weighted by Gasteiger charge is -2.52. The van der Waals surface area contributed by atoms with Crippen LogP contribution in [0, 0.1) is 0 Å². The summed E-state index contributed by atoms with van der Waals surface area (Å²) < 4.78 is 17.1. The van der Waals surface area contributed by atoms with Gasteiger partial charge < -0.3 is 28.7 Å².